The Morgan fingerprint density at radius 2 is 2.40 bits per heavy atom. The molecule has 0 fully saturated rings. The van der Waals surface area contributed by atoms with Crippen molar-refractivity contribution in [2.24, 2.45) is 0 Å². The molecule has 80 valence electrons. The van der Waals surface area contributed by atoms with Gasteiger partial charge in [-0.15, -0.1) is 22.7 Å². The van der Waals surface area contributed by atoms with Crippen molar-refractivity contribution in [3.05, 3.63) is 37.4 Å². The van der Waals surface area contributed by atoms with E-state index in [1.807, 2.05) is 18.8 Å². The fraction of sp³-hybridized carbons (Fsp3) is 0.300. The van der Waals surface area contributed by atoms with Crippen LogP contribution >= 0.6 is 38.6 Å². The van der Waals surface area contributed by atoms with Crippen LogP contribution in [0.15, 0.2) is 27.6 Å². The molecule has 2 aromatic heterocycles. The van der Waals surface area contributed by atoms with Gasteiger partial charge in [-0.1, -0.05) is 0 Å². The lowest BCUT2D eigenvalue weighted by Gasteiger charge is -2.12. The Hall–Kier alpha value is -0.230. The second-order valence-electron chi connectivity index (χ2n) is 3.18. The molecule has 2 nitrogen and oxygen atoms in total. The van der Waals surface area contributed by atoms with Gasteiger partial charge in [-0.25, -0.2) is 0 Å². The third-order valence-electron chi connectivity index (χ3n) is 2.17. The monoisotopic (exact) mass is 302 g/mol. The summed E-state index contributed by atoms with van der Waals surface area (Å²) in [7, 11) is 1.99. The van der Waals surface area contributed by atoms with E-state index in [1.54, 1.807) is 22.7 Å². The molecule has 2 heterocycles. The number of thiazole rings is 1. The minimum absolute atomic E-state index is 0.378. The summed E-state index contributed by atoms with van der Waals surface area (Å²) in [6.07, 6.45) is 2.96. The predicted octanol–water partition coefficient (Wildman–Crippen LogP) is 3.47. The van der Waals surface area contributed by atoms with Gasteiger partial charge in [-0.3, -0.25) is 4.98 Å². The minimum Gasteiger partial charge on any atom is -0.312 e. The zero-order valence-electron chi connectivity index (χ0n) is 8.24. The number of nitrogens with zero attached hydrogens (tertiary/aromatic N) is 1. The van der Waals surface area contributed by atoms with Crippen molar-refractivity contribution in [1.29, 1.82) is 0 Å². The van der Waals surface area contributed by atoms with E-state index >= 15 is 0 Å². The number of hydrogen-bond donors (Lipinski definition) is 1. The highest BCUT2D eigenvalue weighted by molar-refractivity contribution is 9.10. The summed E-state index contributed by atoms with van der Waals surface area (Å²) in [5.41, 5.74) is 1.88. The smallest absolute Gasteiger partial charge is 0.0794 e. The molecule has 0 radical (unpaired) electrons. The molecule has 1 N–H and O–H groups in total. The molecule has 0 spiro atoms. The molecule has 0 bridgehead atoms. The van der Waals surface area contributed by atoms with E-state index in [1.165, 1.54) is 14.2 Å². The van der Waals surface area contributed by atoms with Gasteiger partial charge in [0.05, 0.1) is 5.51 Å². The van der Waals surface area contributed by atoms with Crippen molar-refractivity contribution in [1.82, 2.24) is 10.3 Å². The van der Waals surface area contributed by atoms with Crippen LogP contribution in [0.3, 0.4) is 0 Å². The van der Waals surface area contributed by atoms with Crippen LogP contribution in [0.2, 0.25) is 0 Å². The molecule has 15 heavy (non-hydrogen) atoms. The summed E-state index contributed by atoms with van der Waals surface area (Å²) < 4.78 is 1.17. The lowest BCUT2D eigenvalue weighted by atomic mass is 10.1. The molecule has 0 aromatic carbocycles. The first-order valence-electron chi connectivity index (χ1n) is 4.58. The molecular formula is C10H11BrN2S2. The number of nitrogens with one attached hydrogen (secondary N) is 1. The quantitative estimate of drug-likeness (QED) is 0.935. The molecule has 0 aliphatic heterocycles. The second kappa shape index (κ2) is 5.21. The molecule has 0 saturated heterocycles. The summed E-state index contributed by atoms with van der Waals surface area (Å²) in [6.45, 7) is 0. The van der Waals surface area contributed by atoms with Gasteiger partial charge in [0.25, 0.3) is 0 Å². The highest BCUT2D eigenvalue weighted by atomic mass is 79.9. The van der Waals surface area contributed by atoms with Crippen LogP contribution in [0, 0.1) is 0 Å². The van der Waals surface area contributed by atoms with Crippen LogP contribution in [0.25, 0.3) is 0 Å². The first-order chi connectivity index (χ1) is 7.29. The molecule has 0 aliphatic carbocycles. The lowest BCUT2D eigenvalue weighted by molar-refractivity contribution is 0.605. The Labute approximate surface area is 106 Å². The van der Waals surface area contributed by atoms with Crippen LogP contribution in [0.1, 0.15) is 15.8 Å². The van der Waals surface area contributed by atoms with Gasteiger partial charge < -0.3 is 5.32 Å². The van der Waals surface area contributed by atoms with Gasteiger partial charge in [0, 0.05) is 38.3 Å². The maximum atomic E-state index is 4.11. The maximum absolute atomic E-state index is 4.11. The van der Waals surface area contributed by atoms with Gasteiger partial charge in [0.1, 0.15) is 0 Å². The number of thiophene rings is 1. The number of aromatic nitrogens is 1. The molecule has 1 unspecified atom stereocenters. The highest BCUT2D eigenvalue weighted by Crippen LogP contribution is 2.26. The van der Waals surface area contributed by atoms with Crippen LogP contribution in [-0.4, -0.2) is 12.0 Å². The standard InChI is InChI=1S/C10H11BrN2S2/c1-12-9(10-4-13-6-15-10)3-8-2-7(11)5-14-8/h2,4-6,9,12H,3H2,1H3. The van der Waals surface area contributed by atoms with E-state index in [0.717, 1.165) is 6.42 Å². The van der Waals surface area contributed by atoms with Crippen LogP contribution < -0.4 is 5.32 Å². The lowest BCUT2D eigenvalue weighted by Crippen LogP contribution is -2.17. The normalized spacial score (nSPS) is 12.9. The topological polar surface area (TPSA) is 24.9 Å². The number of halogens is 1. The summed E-state index contributed by atoms with van der Waals surface area (Å²) >= 11 is 6.96. The molecular weight excluding hydrogens is 292 g/mol. The molecule has 2 aromatic rings. The fourth-order valence-electron chi connectivity index (χ4n) is 1.40. The third kappa shape index (κ3) is 2.87. The molecule has 1 atom stereocenters. The SMILES string of the molecule is CNC(Cc1cc(Br)cs1)c1cncs1. The van der Waals surface area contributed by atoms with Gasteiger partial charge in [-0.05, 0) is 29.0 Å². The average Bonchev–Trinajstić information content (AvgIpc) is 2.85. The van der Waals surface area contributed by atoms with Gasteiger partial charge in [0.2, 0.25) is 0 Å². The van der Waals surface area contributed by atoms with Gasteiger partial charge in [0.15, 0.2) is 0 Å². The molecule has 0 amide bonds. The Morgan fingerprint density at radius 1 is 1.53 bits per heavy atom. The number of rotatable bonds is 4. The maximum Gasteiger partial charge on any atom is 0.0794 e. The predicted molar refractivity (Wildman–Crippen MR) is 69.6 cm³/mol. The van der Waals surface area contributed by atoms with Crippen LogP contribution in [0.5, 0.6) is 0 Å². The fourth-order valence-corrected chi connectivity index (χ4v) is 3.63. The van der Waals surface area contributed by atoms with Crippen LogP contribution in [-0.2, 0) is 6.42 Å². The average molecular weight is 303 g/mol. The summed E-state index contributed by atoms with van der Waals surface area (Å²) in [4.78, 5) is 6.79. The Bertz CT molecular complexity index is 411. The zero-order chi connectivity index (χ0) is 10.7. The van der Waals surface area contributed by atoms with E-state index in [2.05, 4.69) is 37.7 Å². The number of hydrogen-bond acceptors (Lipinski definition) is 4. The van der Waals surface area contributed by atoms with Crippen molar-refractivity contribution in [3.8, 4) is 0 Å². The van der Waals surface area contributed by atoms with Gasteiger partial charge in [-0.2, -0.15) is 0 Å². The number of likely N-dealkylation sites (N-methyl/N-ethyl adjacent to an activating group) is 1. The van der Waals surface area contributed by atoms with Crippen molar-refractivity contribution >= 4 is 38.6 Å². The van der Waals surface area contributed by atoms with E-state index in [-0.39, 0.29) is 0 Å². The van der Waals surface area contributed by atoms with Crippen molar-refractivity contribution in [2.45, 2.75) is 12.5 Å². The first kappa shape index (κ1) is 11.3. The Kier molecular flexibility index (Phi) is 3.91. The molecule has 0 saturated carbocycles. The molecule has 5 heteroatoms. The van der Waals surface area contributed by atoms with E-state index in [4.69, 9.17) is 0 Å². The summed E-state index contributed by atoms with van der Waals surface area (Å²) in [6, 6.07) is 2.55. The van der Waals surface area contributed by atoms with Gasteiger partial charge >= 0.3 is 0 Å². The summed E-state index contributed by atoms with van der Waals surface area (Å²) in [5, 5.41) is 5.44. The van der Waals surface area contributed by atoms with Crippen molar-refractivity contribution in [2.75, 3.05) is 7.05 Å². The van der Waals surface area contributed by atoms with Crippen LogP contribution in [0.4, 0.5) is 0 Å². The zero-order valence-corrected chi connectivity index (χ0v) is 11.5. The minimum atomic E-state index is 0.378. The van der Waals surface area contributed by atoms with Crippen molar-refractivity contribution < 1.29 is 0 Å². The summed E-state index contributed by atoms with van der Waals surface area (Å²) in [5.74, 6) is 0. The largest absolute Gasteiger partial charge is 0.312 e. The van der Waals surface area contributed by atoms with E-state index in [9.17, 15) is 0 Å². The van der Waals surface area contributed by atoms with Crippen molar-refractivity contribution in [3.63, 3.8) is 0 Å². The highest BCUT2D eigenvalue weighted by Gasteiger charge is 2.12. The Morgan fingerprint density at radius 3 is 2.93 bits per heavy atom. The third-order valence-corrected chi connectivity index (χ3v) is 4.78. The second-order valence-corrected chi connectivity index (χ2v) is 6.01. The first-order valence-corrected chi connectivity index (χ1v) is 7.13. The molecule has 2 rings (SSSR count). The van der Waals surface area contributed by atoms with E-state index in [0.29, 0.717) is 6.04 Å². The molecule has 0 aliphatic rings. The van der Waals surface area contributed by atoms with E-state index < -0.39 is 0 Å². The Balaban J connectivity index is 2.09.